The molecule has 1 heterocycles. The molecular formula is C13H19N5O2. The Kier molecular flexibility index (Phi) is 7.21. The van der Waals surface area contributed by atoms with Gasteiger partial charge in [-0.25, -0.2) is 5.84 Å². The van der Waals surface area contributed by atoms with Gasteiger partial charge in [0.05, 0.1) is 12.7 Å². The van der Waals surface area contributed by atoms with Crippen LogP contribution in [0.4, 0.5) is 0 Å². The molecule has 1 aromatic rings. The lowest BCUT2D eigenvalue weighted by Gasteiger charge is -2.29. The van der Waals surface area contributed by atoms with Crippen molar-refractivity contribution in [1.29, 1.82) is 5.26 Å². The zero-order valence-electron chi connectivity index (χ0n) is 11.5. The van der Waals surface area contributed by atoms with Gasteiger partial charge in [0.1, 0.15) is 6.04 Å². The number of hydrogen-bond acceptors (Lipinski definition) is 6. The molecule has 108 valence electrons. The summed E-state index contributed by atoms with van der Waals surface area (Å²) < 4.78 is 5.07. The predicted molar refractivity (Wildman–Crippen MR) is 72.9 cm³/mol. The zero-order chi connectivity index (χ0) is 14.8. The molecule has 0 spiro atoms. The summed E-state index contributed by atoms with van der Waals surface area (Å²) in [6, 6.07) is 5.27. The van der Waals surface area contributed by atoms with E-state index in [1.54, 1.807) is 12.4 Å². The quantitative estimate of drug-likeness (QED) is 0.387. The highest BCUT2D eigenvalue weighted by atomic mass is 16.5. The molecule has 7 nitrogen and oxygen atoms in total. The number of nitrogens with zero attached hydrogens (tertiary/aromatic N) is 3. The van der Waals surface area contributed by atoms with Crippen LogP contribution in [0, 0.1) is 11.3 Å². The number of hydrogen-bond donors (Lipinski definition) is 2. The van der Waals surface area contributed by atoms with E-state index < -0.39 is 6.04 Å². The maximum Gasteiger partial charge on any atom is 0.253 e. The molecule has 1 aromatic heterocycles. The van der Waals surface area contributed by atoms with E-state index in [-0.39, 0.29) is 12.5 Å². The first-order valence-corrected chi connectivity index (χ1v) is 6.22. The van der Waals surface area contributed by atoms with Crippen molar-refractivity contribution in [3.05, 3.63) is 30.1 Å². The van der Waals surface area contributed by atoms with Crippen LogP contribution in [0.15, 0.2) is 24.5 Å². The van der Waals surface area contributed by atoms with Gasteiger partial charge >= 0.3 is 0 Å². The molecule has 0 radical (unpaired) electrons. The van der Waals surface area contributed by atoms with Gasteiger partial charge < -0.3 is 4.74 Å². The van der Waals surface area contributed by atoms with Crippen molar-refractivity contribution in [3.63, 3.8) is 0 Å². The summed E-state index contributed by atoms with van der Waals surface area (Å²) in [5, 5.41) is 8.74. The molecule has 7 heteroatoms. The third-order valence-corrected chi connectivity index (χ3v) is 2.83. The summed E-state index contributed by atoms with van der Waals surface area (Å²) in [5.74, 6) is 4.86. The first-order chi connectivity index (χ1) is 9.72. The average molecular weight is 277 g/mol. The van der Waals surface area contributed by atoms with Crippen LogP contribution in [0.1, 0.15) is 12.0 Å². The minimum absolute atomic E-state index is 0.203. The first kappa shape index (κ1) is 16.0. The van der Waals surface area contributed by atoms with Crippen LogP contribution in [0.25, 0.3) is 0 Å². The Morgan fingerprint density at radius 3 is 3.05 bits per heavy atom. The van der Waals surface area contributed by atoms with Crippen LogP contribution in [0.5, 0.6) is 0 Å². The van der Waals surface area contributed by atoms with Gasteiger partial charge in [-0.15, -0.1) is 0 Å². The minimum atomic E-state index is -0.543. The Balaban J connectivity index is 2.85. The number of ether oxygens (including phenoxy) is 1. The Morgan fingerprint density at radius 2 is 2.50 bits per heavy atom. The fourth-order valence-electron chi connectivity index (χ4n) is 1.87. The van der Waals surface area contributed by atoms with E-state index in [1.807, 2.05) is 17.0 Å². The Morgan fingerprint density at radius 1 is 1.70 bits per heavy atom. The van der Waals surface area contributed by atoms with Crippen molar-refractivity contribution in [2.75, 3.05) is 20.3 Å². The number of rotatable bonds is 8. The standard InChI is InChI=1S/C13H19N5O2/c1-20-10-12(13(19)17-15)18(7-3-5-14)9-11-4-2-6-16-8-11/h2,4,6,8,12H,3,7,9-10,15H2,1H3,(H,17,19). The molecule has 0 aromatic carbocycles. The number of aromatic nitrogens is 1. The molecule has 0 aliphatic carbocycles. The van der Waals surface area contributed by atoms with Crippen molar-refractivity contribution in [3.8, 4) is 6.07 Å². The van der Waals surface area contributed by atoms with Crippen molar-refractivity contribution in [2.24, 2.45) is 5.84 Å². The second-order valence-electron chi connectivity index (χ2n) is 4.22. The molecule has 0 aliphatic rings. The van der Waals surface area contributed by atoms with E-state index in [1.165, 1.54) is 7.11 Å². The number of methoxy groups -OCH3 is 1. The van der Waals surface area contributed by atoms with Gasteiger partial charge in [-0.05, 0) is 11.6 Å². The zero-order valence-corrected chi connectivity index (χ0v) is 11.5. The van der Waals surface area contributed by atoms with Crippen molar-refractivity contribution < 1.29 is 9.53 Å². The fourth-order valence-corrected chi connectivity index (χ4v) is 1.87. The van der Waals surface area contributed by atoms with Crippen LogP contribution in [-0.2, 0) is 16.1 Å². The highest BCUT2D eigenvalue weighted by molar-refractivity contribution is 5.81. The third-order valence-electron chi connectivity index (χ3n) is 2.83. The number of carbonyl (C=O) groups excluding carboxylic acids is 1. The molecule has 1 unspecified atom stereocenters. The minimum Gasteiger partial charge on any atom is -0.383 e. The molecule has 1 atom stereocenters. The van der Waals surface area contributed by atoms with E-state index in [0.717, 1.165) is 5.56 Å². The van der Waals surface area contributed by atoms with Crippen LogP contribution < -0.4 is 11.3 Å². The number of pyridine rings is 1. The highest BCUT2D eigenvalue weighted by Gasteiger charge is 2.25. The summed E-state index contributed by atoms with van der Waals surface area (Å²) in [7, 11) is 1.52. The lowest BCUT2D eigenvalue weighted by atomic mass is 10.2. The van der Waals surface area contributed by atoms with Gasteiger partial charge in [-0.3, -0.25) is 20.1 Å². The first-order valence-electron chi connectivity index (χ1n) is 6.22. The summed E-state index contributed by atoms with van der Waals surface area (Å²) in [5.41, 5.74) is 3.09. The van der Waals surface area contributed by atoms with Crippen molar-refractivity contribution in [1.82, 2.24) is 15.3 Å². The van der Waals surface area contributed by atoms with Gasteiger partial charge in [-0.1, -0.05) is 6.07 Å². The topological polar surface area (TPSA) is 104 Å². The molecule has 0 fully saturated rings. The van der Waals surface area contributed by atoms with Gasteiger partial charge in [0.15, 0.2) is 0 Å². The highest BCUT2D eigenvalue weighted by Crippen LogP contribution is 2.09. The number of hydrazine groups is 1. The molecular weight excluding hydrogens is 258 g/mol. The van der Waals surface area contributed by atoms with E-state index in [4.69, 9.17) is 15.8 Å². The molecule has 20 heavy (non-hydrogen) atoms. The Bertz CT molecular complexity index is 446. The number of amides is 1. The van der Waals surface area contributed by atoms with Crippen molar-refractivity contribution in [2.45, 2.75) is 19.0 Å². The molecule has 3 N–H and O–H groups in total. The Hall–Kier alpha value is -2.01. The molecule has 0 saturated heterocycles. The van der Waals surface area contributed by atoms with Gasteiger partial charge in [0.2, 0.25) is 0 Å². The number of nitrogens with one attached hydrogen (secondary N) is 1. The molecule has 0 saturated carbocycles. The summed E-state index contributed by atoms with van der Waals surface area (Å²) in [6.45, 7) is 1.15. The SMILES string of the molecule is COCC(C(=O)NN)N(CCC#N)Cc1cccnc1. The maximum atomic E-state index is 11.8. The van der Waals surface area contributed by atoms with Crippen LogP contribution in [0.2, 0.25) is 0 Å². The van der Waals surface area contributed by atoms with Crippen molar-refractivity contribution >= 4 is 5.91 Å². The molecule has 0 bridgehead atoms. The second-order valence-corrected chi connectivity index (χ2v) is 4.22. The van der Waals surface area contributed by atoms with E-state index in [0.29, 0.717) is 19.5 Å². The van der Waals surface area contributed by atoms with Crippen LogP contribution in [-0.4, -0.2) is 42.1 Å². The molecule has 1 amide bonds. The number of nitriles is 1. The van der Waals surface area contributed by atoms with Gasteiger partial charge in [-0.2, -0.15) is 5.26 Å². The van der Waals surface area contributed by atoms with E-state index in [9.17, 15) is 4.79 Å². The van der Waals surface area contributed by atoms with E-state index >= 15 is 0 Å². The monoisotopic (exact) mass is 277 g/mol. The summed E-state index contributed by atoms with van der Waals surface area (Å²) in [4.78, 5) is 17.7. The van der Waals surface area contributed by atoms with Crippen LogP contribution in [0.3, 0.4) is 0 Å². The largest absolute Gasteiger partial charge is 0.383 e. The normalized spacial score (nSPS) is 11.9. The predicted octanol–water partition coefficient (Wildman–Crippen LogP) is -0.198. The summed E-state index contributed by atoms with van der Waals surface area (Å²) >= 11 is 0. The Labute approximate surface area is 118 Å². The third kappa shape index (κ3) is 4.93. The van der Waals surface area contributed by atoms with Crippen LogP contribution >= 0.6 is 0 Å². The summed E-state index contributed by atoms with van der Waals surface area (Å²) in [6.07, 6.45) is 3.73. The average Bonchev–Trinajstić information content (AvgIpc) is 2.49. The second kappa shape index (κ2) is 8.98. The van der Waals surface area contributed by atoms with Gasteiger partial charge in [0.25, 0.3) is 5.91 Å². The lowest BCUT2D eigenvalue weighted by molar-refractivity contribution is -0.128. The molecule has 1 rings (SSSR count). The molecule has 0 aliphatic heterocycles. The fraction of sp³-hybridized carbons (Fsp3) is 0.462. The lowest BCUT2D eigenvalue weighted by Crippen LogP contribution is -2.51. The van der Waals surface area contributed by atoms with E-state index in [2.05, 4.69) is 16.5 Å². The number of carbonyl (C=O) groups is 1. The number of nitrogens with two attached hydrogens (primary N) is 1. The van der Waals surface area contributed by atoms with Gasteiger partial charge in [0, 0.05) is 39.0 Å². The smallest absolute Gasteiger partial charge is 0.253 e. The maximum absolute atomic E-state index is 11.8.